The smallest absolute Gasteiger partial charge is 0.304 e. The van der Waals surface area contributed by atoms with Crippen molar-refractivity contribution in [3.8, 4) is 6.07 Å². The molecule has 0 bridgehead atoms. The van der Waals surface area contributed by atoms with Crippen molar-refractivity contribution >= 4 is 28.4 Å². The molecule has 0 spiro atoms. The number of pyridine rings is 2. The number of aryl methyl sites for hydroxylation is 2. The summed E-state index contributed by atoms with van der Waals surface area (Å²) in [4.78, 5) is 19.4. The monoisotopic (exact) mass is 619 g/mol. The average molecular weight is 620 g/mol. The fraction of sp³-hybridized carbons (Fsp3) is 0.387. The van der Waals surface area contributed by atoms with Crippen molar-refractivity contribution in [1.29, 1.82) is 5.26 Å². The number of nitrogens with zero attached hydrogens (tertiary/aromatic N) is 7. The highest BCUT2D eigenvalue weighted by molar-refractivity contribution is 7.82. The number of nitriles is 1. The van der Waals surface area contributed by atoms with E-state index in [0.29, 0.717) is 40.5 Å². The quantitative estimate of drug-likeness (QED) is 0.304. The Labute approximate surface area is 255 Å². The van der Waals surface area contributed by atoms with Crippen molar-refractivity contribution in [2.45, 2.75) is 69.4 Å². The Hall–Kier alpha value is -4.28. The molecule has 4 aromatic rings. The molecule has 0 saturated carbocycles. The molecule has 5 heterocycles. The highest BCUT2D eigenvalue weighted by atomic mass is 32.2. The first-order valence-corrected chi connectivity index (χ1v) is 15.5. The zero-order valence-electron chi connectivity index (χ0n) is 24.3. The molecule has 3 aromatic heterocycles. The summed E-state index contributed by atoms with van der Waals surface area (Å²) in [7, 11) is -1.59. The molecule has 0 aliphatic carbocycles. The SMILES string of the molecule is Cc1ccc([C@H](CC(=O)O)c2ccn3c(C(F)F)nnc3c2C)cc1CN1CC2CCCCN2c2ncc(C#N)cc2S1=O. The maximum Gasteiger partial charge on any atom is 0.304 e. The van der Waals surface area contributed by atoms with Gasteiger partial charge in [-0.25, -0.2) is 22.3 Å². The van der Waals surface area contributed by atoms with E-state index in [1.165, 1.54) is 16.8 Å². The summed E-state index contributed by atoms with van der Waals surface area (Å²) < 4.78 is 44.1. The predicted octanol–water partition coefficient (Wildman–Crippen LogP) is 5.05. The second kappa shape index (κ2) is 12.0. The van der Waals surface area contributed by atoms with E-state index in [1.807, 2.05) is 29.4 Å². The Morgan fingerprint density at radius 3 is 2.77 bits per heavy atom. The van der Waals surface area contributed by atoms with Crippen molar-refractivity contribution in [3.05, 3.63) is 81.9 Å². The van der Waals surface area contributed by atoms with E-state index in [9.17, 15) is 28.2 Å². The predicted molar refractivity (Wildman–Crippen MR) is 159 cm³/mol. The summed E-state index contributed by atoms with van der Waals surface area (Å²) in [6.45, 7) is 5.38. The van der Waals surface area contributed by atoms with Crippen LogP contribution in [0.2, 0.25) is 0 Å². The molecule has 1 N–H and O–H groups in total. The number of piperidine rings is 1. The van der Waals surface area contributed by atoms with Crippen LogP contribution in [0.25, 0.3) is 5.65 Å². The van der Waals surface area contributed by atoms with Crippen molar-refractivity contribution in [2.75, 3.05) is 18.0 Å². The molecule has 2 aliphatic heterocycles. The zero-order valence-corrected chi connectivity index (χ0v) is 25.1. The number of carboxylic acids is 1. The molecule has 3 atom stereocenters. The molecule has 6 rings (SSSR count). The Morgan fingerprint density at radius 2 is 2.02 bits per heavy atom. The molecule has 1 saturated heterocycles. The number of alkyl halides is 2. The second-order valence-electron chi connectivity index (χ2n) is 11.4. The average Bonchev–Trinajstić information content (AvgIpc) is 3.42. The lowest BCUT2D eigenvalue weighted by Gasteiger charge is -2.36. The number of carboxylic acid groups (broad SMARTS) is 1. The topological polar surface area (TPSA) is 128 Å². The van der Waals surface area contributed by atoms with Gasteiger partial charge in [-0.05, 0) is 73.1 Å². The minimum atomic E-state index is -2.80. The van der Waals surface area contributed by atoms with E-state index in [2.05, 4.69) is 26.2 Å². The van der Waals surface area contributed by atoms with Crippen LogP contribution >= 0.6 is 0 Å². The van der Waals surface area contributed by atoms with Crippen LogP contribution in [0.4, 0.5) is 14.6 Å². The molecule has 2 aliphatic rings. The number of carbonyl (C=O) groups is 1. The van der Waals surface area contributed by atoms with Gasteiger partial charge in [0.2, 0.25) is 5.82 Å². The summed E-state index contributed by atoms with van der Waals surface area (Å²) in [5.41, 5.74) is 4.42. The molecule has 1 aromatic carbocycles. The lowest BCUT2D eigenvalue weighted by molar-refractivity contribution is -0.137. The number of benzene rings is 1. The summed E-state index contributed by atoms with van der Waals surface area (Å²) in [5, 5.41) is 27.0. The second-order valence-corrected chi connectivity index (χ2v) is 12.8. The number of hydrogen-bond acceptors (Lipinski definition) is 7. The maximum absolute atomic E-state index is 14.1. The Kier molecular flexibility index (Phi) is 8.13. The van der Waals surface area contributed by atoms with Gasteiger partial charge in [0.1, 0.15) is 22.9 Å². The number of hydrogen-bond donors (Lipinski definition) is 1. The summed E-state index contributed by atoms with van der Waals surface area (Å²) in [6.07, 6.45) is 2.97. The third kappa shape index (κ3) is 5.44. The minimum Gasteiger partial charge on any atom is -0.481 e. The number of fused-ring (bicyclic) bond motifs is 4. The van der Waals surface area contributed by atoms with E-state index >= 15 is 0 Å². The summed E-state index contributed by atoms with van der Waals surface area (Å²) in [5.74, 6) is -1.40. The van der Waals surface area contributed by atoms with Crippen molar-refractivity contribution in [3.63, 3.8) is 0 Å². The lowest BCUT2D eigenvalue weighted by Crippen LogP contribution is -2.45. The standard InChI is InChI=1S/C31H31F2N7O3S/c1-18-6-7-21(25(13-27(41)42)24-8-10-40-29(19(24)2)36-37-31(40)28(32)33)12-22(18)16-38-17-23-5-3-4-9-39(23)30-26(44(38)43)11-20(14-34)15-35-30/h6-8,10-12,15,23,25,28H,3-5,9,13,16-17H2,1-2H3,(H,41,42)/t23?,25-,44?/m0/s1. The van der Waals surface area contributed by atoms with Crippen molar-refractivity contribution in [1.82, 2.24) is 23.9 Å². The van der Waals surface area contributed by atoms with Gasteiger partial charge >= 0.3 is 5.97 Å². The van der Waals surface area contributed by atoms with Crippen LogP contribution in [0.15, 0.2) is 47.6 Å². The van der Waals surface area contributed by atoms with E-state index in [0.717, 1.165) is 42.5 Å². The minimum absolute atomic E-state index is 0.119. The van der Waals surface area contributed by atoms with Gasteiger partial charge in [-0.3, -0.25) is 9.20 Å². The van der Waals surface area contributed by atoms with Gasteiger partial charge in [0.15, 0.2) is 5.65 Å². The van der Waals surface area contributed by atoms with Gasteiger partial charge in [0, 0.05) is 44.0 Å². The molecule has 0 amide bonds. The first-order valence-electron chi connectivity index (χ1n) is 14.4. The third-order valence-electron chi connectivity index (χ3n) is 8.66. The third-order valence-corrected chi connectivity index (χ3v) is 10.1. The first kappa shape index (κ1) is 29.8. The number of anilines is 1. The lowest BCUT2D eigenvalue weighted by atomic mass is 9.85. The molecule has 10 nitrogen and oxygen atoms in total. The van der Waals surface area contributed by atoms with E-state index in [4.69, 9.17) is 0 Å². The van der Waals surface area contributed by atoms with Crippen LogP contribution in [-0.2, 0) is 22.3 Å². The van der Waals surface area contributed by atoms with Crippen molar-refractivity contribution < 1.29 is 22.9 Å². The fourth-order valence-corrected chi connectivity index (χ4v) is 7.76. The maximum atomic E-state index is 14.1. The molecule has 44 heavy (non-hydrogen) atoms. The van der Waals surface area contributed by atoms with Crippen LogP contribution in [0.5, 0.6) is 0 Å². The molecular weight excluding hydrogens is 588 g/mol. The van der Waals surface area contributed by atoms with Crippen LogP contribution in [-0.4, -0.2) is 58.3 Å². The molecular formula is C31H31F2N7O3S. The van der Waals surface area contributed by atoms with Gasteiger partial charge in [-0.15, -0.1) is 10.2 Å². The van der Waals surface area contributed by atoms with Gasteiger partial charge < -0.3 is 10.0 Å². The normalized spacial score (nSPS) is 19.3. The highest BCUT2D eigenvalue weighted by Gasteiger charge is 2.35. The van der Waals surface area contributed by atoms with Crippen LogP contribution in [0.3, 0.4) is 0 Å². The Balaban J connectivity index is 1.38. The van der Waals surface area contributed by atoms with Gasteiger partial charge in [0.25, 0.3) is 6.43 Å². The van der Waals surface area contributed by atoms with E-state index in [-0.39, 0.29) is 18.1 Å². The number of rotatable bonds is 7. The van der Waals surface area contributed by atoms with Crippen molar-refractivity contribution in [2.24, 2.45) is 0 Å². The number of aliphatic carboxylic acids is 1. The number of aromatic nitrogens is 4. The number of halogens is 2. The molecule has 0 radical (unpaired) electrons. The van der Waals surface area contributed by atoms with Gasteiger partial charge in [-0.2, -0.15) is 5.26 Å². The van der Waals surface area contributed by atoms with Crippen LogP contribution in [0, 0.1) is 25.2 Å². The molecule has 13 heteroatoms. The largest absolute Gasteiger partial charge is 0.481 e. The summed E-state index contributed by atoms with van der Waals surface area (Å²) >= 11 is 0. The Morgan fingerprint density at radius 1 is 1.20 bits per heavy atom. The molecule has 2 unspecified atom stereocenters. The van der Waals surface area contributed by atoms with E-state index in [1.54, 1.807) is 19.1 Å². The van der Waals surface area contributed by atoms with Gasteiger partial charge in [0.05, 0.1) is 16.9 Å². The Bertz CT molecular complexity index is 1820. The van der Waals surface area contributed by atoms with Gasteiger partial charge in [-0.1, -0.05) is 18.2 Å². The van der Waals surface area contributed by atoms with Crippen LogP contribution < -0.4 is 4.90 Å². The van der Waals surface area contributed by atoms with Crippen LogP contribution in [0.1, 0.15) is 77.2 Å². The zero-order chi connectivity index (χ0) is 31.1. The first-order chi connectivity index (χ1) is 21.2. The molecule has 228 valence electrons. The summed E-state index contributed by atoms with van der Waals surface area (Å²) in [6, 6.07) is 11.3. The molecule has 1 fully saturated rings. The van der Waals surface area contributed by atoms with E-state index < -0.39 is 35.1 Å². The fourth-order valence-electron chi connectivity index (χ4n) is 6.37. The highest BCUT2D eigenvalue weighted by Crippen LogP contribution is 2.37.